The molecule has 0 saturated heterocycles. The minimum absolute atomic E-state index is 0.199. The van der Waals surface area contributed by atoms with Crippen molar-refractivity contribution in [1.29, 1.82) is 0 Å². The number of nitrogens with one attached hydrogen (secondary N) is 1. The van der Waals surface area contributed by atoms with Crippen molar-refractivity contribution in [2.24, 2.45) is 0 Å². The van der Waals surface area contributed by atoms with Gasteiger partial charge in [0.2, 0.25) is 5.43 Å². The third-order valence-electron chi connectivity index (χ3n) is 5.64. The van der Waals surface area contributed by atoms with E-state index in [9.17, 15) is 9.59 Å². The Kier molecular flexibility index (Phi) is 4.88. The van der Waals surface area contributed by atoms with Gasteiger partial charge >= 0.3 is 0 Å². The third kappa shape index (κ3) is 2.98. The molecule has 1 atom stereocenters. The van der Waals surface area contributed by atoms with Gasteiger partial charge < -0.3 is 9.88 Å². The summed E-state index contributed by atoms with van der Waals surface area (Å²) in [4.78, 5) is 26.2. The SMILES string of the molecule is CCc1cc(Br)cc(CC)c1NC(=O)c1cn2c3c(cccc3c1=O)C[C@@H]2C. The number of benzene rings is 2. The molecule has 2 aromatic carbocycles. The van der Waals surface area contributed by atoms with Crippen LogP contribution in [0.1, 0.15) is 53.9 Å². The topological polar surface area (TPSA) is 51.1 Å². The van der Waals surface area contributed by atoms with Crippen molar-refractivity contribution in [1.82, 2.24) is 4.57 Å². The van der Waals surface area contributed by atoms with Crippen LogP contribution in [0.4, 0.5) is 5.69 Å². The second kappa shape index (κ2) is 7.21. The number of anilines is 1. The number of para-hydroxylation sites is 1. The van der Waals surface area contributed by atoms with Gasteiger partial charge in [-0.25, -0.2) is 0 Å². The zero-order valence-electron chi connectivity index (χ0n) is 16.3. The van der Waals surface area contributed by atoms with E-state index in [1.807, 2.05) is 24.3 Å². The number of aryl methyl sites for hydroxylation is 2. The molecule has 1 amide bonds. The average molecular weight is 439 g/mol. The molecule has 144 valence electrons. The minimum atomic E-state index is -0.341. The Hall–Kier alpha value is -2.40. The van der Waals surface area contributed by atoms with Gasteiger partial charge in [0.15, 0.2) is 0 Å². The molecule has 0 unspecified atom stereocenters. The molecule has 1 aliphatic heterocycles. The number of nitrogens with zero attached hydrogens (tertiary/aromatic N) is 1. The highest BCUT2D eigenvalue weighted by Crippen LogP contribution is 2.32. The van der Waals surface area contributed by atoms with Crippen LogP contribution in [0.5, 0.6) is 0 Å². The van der Waals surface area contributed by atoms with E-state index >= 15 is 0 Å². The quantitative estimate of drug-likeness (QED) is 0.603. The Morgan fingerprint density at radius 3 is 2.54 bits per heavy atom. The van der Waals surface area contributed by atoms with Crippen molar-refractivity contribution < 1.29 is 4.79 Å². The first-order valence-corrected chi connectivity index (χ1v) is 10.5. The molecular weight excluding hydrogens is 416 g/mol. The molecule has 5 heteroatoms. The molecular formula is C23H23BrN2O2. The summed E-state index contributed by atoms with van der Waals surface area (Å²) in [6, 6.07) is 10.1. The number of halogens is 1. The molecule has 1 aromatic heterocycles. The Labute approximate surface area is 172 Å². The van der Waals surface area contributed by atoms with Gasteiger partial charge in [-0.05, 0) is 61.1 Å². The van der Waals surface area contributed by atoms with E-state index in [4.69, 9.17) is 0 Å². The smallest absolute Gasteiger partial charge is 0.261 e. The standard InChI is InChI=1S/C23H23BrN2O2/c1-4-14-10-17(24)11-15(5-2)20(14)25-23(28)19-12-26-13(3)9-16-7-6-8-18(21(16)26)22(19)27/h6-8,10-13H,4-5,9H2,1-3H3,(H,25,28)/t13-/m0/s1. The lowest BCUT2D eigenvalue weighted by Crippen LogP contribution is -2.24. The van der Waals surface area contributed by atoms with Gasteiger partial charge in [-0.15, -0.1) is 0 Å². The van der Waals surface area contributed by atoms with Gasteiger partial charge in [0.25, 0.3) is 5.91 Å². The number of aromatic nitrogens is 1. The van der Waals surface area contributed by atoms with Crippen LogP contribution < -0.4 is 10.7 Å². The van der Waals surface area contributed by atoms with Crippen molar-refractivity contribution in [2.75, 3.05) is 5.32 Å². The number of carbonyl (C=O) groups is 1. The fraction of sp³-hybridized carbons (Fsp3) is 0.304. The van der Waals surface area contributed by atoms with Gasteiger partial charge in [0.1, 0.15) is 5.56 Å². The van der Waals surface area contributed by atoms with E-state index < -0.39 is 0 Å². The molecule has 0 radical (unpaired) electrons. The highest BCUT2D eigenvalue weighted by atomic mass is 79.9. The number of amides is 1. The molecule has 28 heavy (non-hydrogen) atoms. The molecule has 0 aliphatic carbocycles. The van der Waals surface area contributed by atoms with E-state index in [1.54, 1.807) is 6.20 Å². The van der Waals surface area contributed by atoms with Crippen molar-refractivity contribution in [3.8, 4) is 0 Å². The fourth-order valence-electron chi connectivity index (χ4n) is 4.20. The van der Waals surface area contributed by atoms with E-state index in [0.717, 1.165) is 46.1 Å². The molecule has 0 saturated carbocycles. The highest BCUT2D eigenvalue weighted by Gasteiger charge is 2.25. The number of rotatable bonds is 4. The second-order valence-electron chi connectivity index (χ2n) is 7.41. The molecule has 0 spiro atoms. The summed E-state index contributed by atoms with van der Waals surface area (Å²) in [6.45, 7) is 6.24. The summed E-state index contributed by atoms with van der Waals surface area (Å²) in [6.07, 6.45) is 4.21. The third-order valence-corrected chi connectivity index (χ3v) is 6.09. The summed E-state index contributed by atoms with van der Waals surface area (Å²) in [5, 5.41) is 3.66. The van der Waals surface area contributed by atoms with Crippen molar-refractivity contribution in [2.45, 2.75) is 46.1 Å². The van der Waals surface area contributed by atoms with Gasteiger partial charge in [-0.3, -0.25) is 9.59 Å². The molecule has 1 N–H and O–H groups in total. The van der Waals surface area contributed by atoms with Gasteiger partial charge in [0, 0.05) is 27.8 Å². The minimum Gasteiger partial charge on any atom is -0.343 e. The maximum absolute atomic E-state index is 13.2. The number of hydrogen-bond donors (Lipinski definition) is 1. The van der Waals surface area contributed by atoms with E-state index in [-0.39, 0.29) is 22.9 Å². The largest absolute Gasteiger partial charge is 0.343 e. The van der Waals surface area contributed by atoms with Crippen molar-refractivity contribution in [3.05, 3.63) is 73.5 Å². The Morgan fingerprint density at radius 1 is 1.21 bits per heavy atom. The summed E-state index contributed by atoms with van der Waals surface area (Å²) in [7, 11) is 0. The van der Waals surface area contributed by atoms with Crippen LogP contribution in [0, 0.1) is 0 Å². The van der Waals surface area contributed by atoms with Crippen molar-refractivity contribution >= 4 is 38.4 Å². The van der Waals surface area contributed by atoms with E-state index in [1.165, 1.54) is 5.56 Å². The number of carbonyl (C=O) groups excluding carboxylic acids is 1. The average Bonchev–Trinajstić information content (AvgIpc) is 3.01. The molecule has 1 aliphatic rings. The molecule has 4 nitrogen and oxygen atoms in total. The first kappa shape index (κ1) is 18.9. The monoisotopic (exact) mass is 438 g/mol. The fourth-order valence-corrected chi connectivity index (χ4v) is 4.75. The van der Waals surface area contributed by atoms with E-state index in [2.05, 4.69) is 52.7 Å². The maximum atomic E-state index is 13.2. The van der Waals surface area contributed by atoms with Crippen LogP contribution in [0.25, 0.3) is 10.9 Å². The Morgan fingerprint density at radius 2 is 1.89 bits per heavy atom. The summed E-state index contributed by atoms with van der Waals surface area (Å²) in [5.74, 6) is -0.341. The predicted molar refractivity (Wildman–Crippen MR) is 117 cm³/mol. The van der Waals surface area contributed by atoms with E-state index in [0.29, 0.717) is 5.39 Å². The molecule has 2 heterocycles. The lowest BCUT2D eigenvalue weighted by molar-refractivity contribution is 0.102. The zero-order valence-corrected chi connectivity index (χ0v) is 17.9. The second-order valence-corrected chi connectivity index (χ2v) is 8.32. The van der Waals surface area contributed by atoms with Crippen LogP contribution in [-0.2, 0) is 19.3 Å². The van der Waals surface area contributed by atoms with Crippen LogP contribution in [0.15, 0.2) is 45.8 Å². The Balaban J connectivity index is 1.83. The first-order chi connectivity index (χ1) is 13.4. The van der Waals surface area contributed by atoms with Gasteiger partial charge in [-0.2, -0.15) is 0 Å². The maximum Gasteiger partial charge on any atom is 0.261 e. The highest BCUT2D eigenvalue weighted by molar-refractivity contribution is 9.10. The lowest BCUT2D eigenvalue weighted by Gasteiger charge is -2.17. The molecule has 3 aromatic rings. The van der Waals surface area contributed by atoms with Crippen LogP contribution in [-0.4, -0.2) is 10.5 Å². The lowest BCUT2D eigenvalue weighted by atomic mass is 10.0. The van der Waals surface area contributed by atoms with Crippen LogP contribution in [0.2, 0.25) is 0 Å². The summed E-state index contributed by atoms with van der Waals surface area (Å²) in [5.41, 5.74) is 5.06. The summed E-state index contributed by atoms with van der Waals surface area (Å²) >= 11 is 3.54. The summed E-state index contributed by atoms with van der Waals surface area (Å²) < 4.78 is 3.07. The van der Waals surface area contributed by atoms with Crippen LogP contribution in [0.3, 0.4) is 0 Å². The number of hydrogen-bond acceptors (Lipinski definition) is 2. The first-order valence-electron chi connectivity index (χ1n) is 9.74. The molecule has 4 rings (SSSR count). The number of pyridine rings is 1. The molecule has 0 fully saturated rings. The predicted octanol–water partition coefficient (Wildman–Crippen LogP) is 5.26. The zero-order chi connectivity index (χ0) is 20.0. The van der Waals surface area contributed by atoms with Gasteiger partial charge in [-0.1, -0.05) is 41.9 Å². The van der Waals surface area contributed by atoms with Gasteiger partial charge in [0.05, 0.1) is 5.52 Å². The van der Waals surface area contributed by atoms with Crippen molar-refractivity contribution in [3.63, 3.8) is 0 Å². The Bertz CT molecular complexity index is 1140. The normalized spacial score (nSPS) is 15.2. The van der Waals surface area contributed by atoms with Crippen LogP contribution >= 0.6 is 15.9 Å². The molecule has 0 bridgehead atoms.